The zero-order valence-electron chi connectivity index (χ0n) is 18.4. The van der Waals surface area contributed by atoms with Gasteiger partial charge in [0.1, 0.15) is 18.3 Å². The summed E-state index contributed by atoms with van der Waals surface area (Å²) < 4.78 is 5.53. The molecule has 9 nitrogen and oxygen atoms in total. The summed E-state index contributed by atoms with van der Waals surface area (Å²) in [4.78, 5) is 31.6. The lowest BCUT2D eigenvalue weighted by Crippen LogP contribution is -2.46. The second-order valence-electron chi connectivity index (χ2n) is 8.13. The van der Waals surface area contributed by atoms with Crippen molar-refractivity contribution in [1.82, 2.24) is 30.4 Å². The monoisotopic (exact) mass is 496 g/mol. The van der Waals surface area contributed by atoms with Crippen LogP contribution in [0.25, 0.3) is 10.7 Å². The maximum absolute atomic E-state index is 13.6. The van der Waals surface area contributed by atoms with Crippen LogP contribution < -0.4 is 5.32 Å². The molecule has 1 aliphatic rings. The van der Waals surface area contributed by atoms with Gasteiger partial charge in [0.2, 0.25) is 17.6 Å². The molecule has 0 spiro atoms. The van der Waals surface area contributed by atoms with E-state index in [1.54, 1.807) is 23.3 Å². The Morgan fingerprint density at radius 2 is 1.97 bits per heavy atom. The van der Waals surface area contributed by atoms with Crippen LogP contribution in [-0.4, -0.2) is 43.0 Å². The van der Waals surface area contributed by atoms with Crippen LogP contribution in [0.15, 0.2) is 57.8 Å². The Bertz CT molecular complexity index is 1200. The van der Waals surface area contributed by atoms with Crippen molar-refractivity contribution in [3.8, 4) is 10.7 Å². The Balaban J connectivity index is 1.41. The predicted octanol–water partition coefficient (Wildman–Crippen LogP) is 3.89. The van der Waals surface area contributed by atoms with E-state index in [-0.39, 0.29) is 30.9 Å². The standard InChI is InChI=1S/C23H24N6O3S2/c30-20(15-29-26-22(25-27-29)19-10-5-13-34-19)28(14-17-8-3-11-32-17)21(18-9-4-12-33-18)23(31)24-16-6-1-2-7-16/h3-5,8-13,16,21H,1-2,6-7,14-15H2,(H,24,31)/t21-/m1/s1. The molecule has 4 aromatic rings. The van der Waals surface area contributed by atoms with Gasteiger partial charge in [0, 0.05) is 10.9 Å². The van der Waals surface area contributed by atoms with Crippen LogP contribution in [-0.2, 0) is 22.7 Å². The molecular weight excluding hydrogens is 472 g/mol. The third-order valence-electron chi connectivity index (χ3n) is 5.77. The minimum atomic E-state index is -0.779. The summed E-state index contributed by atoms with van der Waals surface area (Å²) in [7, 11) is 0. The number of aromatic nitrogens is 4. The molecule has 34 heavy (non-hydrogen) atoms. The van der Waals surface area contributed by atoms with Gasteiger partial charge >= 0.3 is 0 Å². The molecule has 5 rings (SSSR count). The third kappa shape index (κ3) is 5.10. The number of nitrogens with zero attached hydrogens (tertiary/aromatic N) is 5. The quantitative estimate of drug-likeness (QED) is 0.377. The number of rotatable bonds is 9. The number of hydrogen-bond acceptors (Lipinski definition) is 8. The van der Waals surface area contributed by atoms with Crippen molar-refractivity contribution in [2.45, 2.75) is 50.9 Å². The number of thiophene rings is 2. The molecule has 2 amide bonds. The summed E-state index contributed by atoms with van der Waals surface area (Å²) in [6.07, 6.45) is 5.69. The molecule has 1 fully saturated rings. The van der Waals surface area contributed by atoms with Gasteiger partial charge in [-0.2, -0.15) is 4.80 Å². The maximum atomic E-state index is 13.6. The number of amides is 2. The van der Waals surface area contributed by atoms with Gasteiger partial charge in [0.05, 0.1) is 17.7 Å². The summed E-state index contributed by atoms with van der Waals surface area (Å²) >= 11 is 2.95. The minimum absolute atomic E-state index is 0.140. The van der Waals surface area contributed by atoms with Crippen LogP contribution in [0.4, 0.5) is 0 Å². The number of nitrogens with one attached hydrogen (secondary N) is 1. The average molecular weight is 497 g/mol. The molecule has 4 heterocycles. The highest BCUT2D eigenvalue weighted by Gasteiger charge is 2.34. The van der Waals surface area contributed by atoms with E-state index in [1.165, 1.54) is 27.5 Å². The molecule has 1 atom stereocenters. The highest BCUT2D eigenvalue weighted by atomic mass is 32.1. The van der Waals surface area contributed by atoms with E-state index in [2.05, 4.69) is 20.7 Å². The zero-order valence-corrected chi connectivity index (χ0v) is 20.0. The second kappa shape index (κ2) is 10.3. The first-order chi connectivity index (χ1) is 16.7. The normalized spacial score (nSPS) is 14.8. The molecule has 0 bridgehead atoms. The van der Waals surface area contributed by atoms with Gasteiger partial charge in [-0.3, -0.25) is 9.59 Å². The van der Waals surface area contributed by atoms with Crippen molar-refractivity contribution in [2.75, 3.05) is 0 Å². The summed E-state index contributed by atoms with van der Waals surface area (Å²) in [5, 5.41) is 19.5. The first-order valence-electron chi connectivity index (χ1n) is 11.1. The van der Waals surface area contributed by atoms with Crippen molar-refractivity contribution < 1.29 is 14.0 Å². The van der Waals surface area contributed by atoms with Gasteiger partial charge in [0.25, 0.3) is 0 Å². The third-order valence-corrected chi connectivity index (χ3v) is 7.56. The molecule has 0 aliphatic heterocycles. The fourth-order valence-electron chi connectivity index (χ4n) is 4.14. The van der Waals surface area contributed by atoms with E-state index in [4.69, 9.17) is 4.42 Å². The van der Waals surface area contributed by atoms with Crippen LogP contribution in [0.5, 0.6) is 0 Å². The largest absolute Gasteiger partial charge is 0.467 e. The zero-order chi connectivity index (χ0) is 23.3. The van der Waals surface area contributed by atoms with Crippen LogP contribution in [0.3, 0.4) is 0 Å². The minimum Gasteiger partial charge on any atom is -0.467 e. The fourth-order valence-corrected chi connectivity index (χ4v) is 5.62. The van der Waals surface area contributed by atoms with Crippen molar-refractivity contribution in [3.63, 3.8) is 0 Å². The number of furan rings is 1. The van der Waals surface area contributed by atoms with Gasteiger partial charge in [-0.1, -0.05) is 25.0 Å². The van der Waals surface area contributed by atoms with E-state index in [9.17, 15) is 9.59 Å². The van der Waals surface area contributed by atoms with Gasteiger partial charge in [-0.25, -0.2) is 0 Å². The molecule has 1 aliphatic carbocycles. The van der Waals surface area contributed by atoms with Gasteiger partial charge < -0.3 is 14.6 Å². The fraction of sp³-hybridized carbons (Fsp3) is 0.348. The molecule has 1 N–H and O–H groups in total. The molecular formula is C23H24N6O3S2. The maximum Gasteiger partial charge on any atom is 0.248 e. The molecule has 4 aromatic heterocycles. The summed E-state index contributed by atoms with van der Waals surface area (Å²) in [5.41, 5.74) is 0. The summed E-state index contributed by atoms with van der Waals surface area (Å²) in [6.45, 7) is 0.0105. The molecule has 0 saturated heterocycles. The number of hydrogen-bond donors (Lipinski definition) is 1. The predicted molar refractivity (Wildman–Crippen MR) is 128 cm³/mol. The van der Waals surface area contributed by atoms with Crippen molar-refractivity contribution in [1.29, 1.82) is 0 Å². The van der Waals surface area contributed by atoms with E-state index in [0.29, 0.717) is 11.6 Å². The van der Waals surface area contributed by atoms with Crippen molar-refractivity contribution >= 4 is 34.5 Å². The Morgan fingerprint density at radius 1 is 1.15 bits per heavy atom. The van der Waals surface area contributed by atoms with Gasteiger partial charge in [-0.15, -0.1) is 32.9 Å². The first-order valence-corrected chi connectivity index (χ1v) is 12.9. The Labute approximate surface area is 204 Å². The van der Waals surface area contributed by atoms with Crippen LogP contribution in [0, 0.1) is 0 Å². The van der Waals surface area contributed by atoms with Crippen LogP contribution >= 0.6 is 22.7 Å². The molecule has 0 unspecified atom stereocenters. The van der Waals surface area contributed by atoms with E-state index >= 15 is 0 Å². The number of carbonyl (C=O) groups is 2. The average Bonchev–Trinajstić information content (AvgIpc) is 3.65. The number of carbonyl (C=O) groups excluding carboxylic acids is 2. The highest BCUT2D eigenvalue weighted by Crippen LogP contribution is 2.29. The molecule has 0 radical (unpaired) electrons. The van der Waals surface area contributed by atoms with E-state index in [0.717, 1.165) is 35.4 Å². The lowest BCUT2D eigenvalue weighted by Gasteiger charge is -2.30. The smallest absolute Gasteiger partial charge is 0.248 e. The molecule has 0 aromatic carbocycles. The molecule has 11 heteroatoms. The lowest BCUT2D eigenvalue weighted by atomic mass is 10.1. The summed E-state index contributed by atoms with van der Waals surface area (Å²) in [6, 6.07) is 10.5. The van der Waals surface area contributed by atoms with E-state index in [1.807, 2.05) is 35.0 Å². The Morgan fingerprint density at radius 3 is 2.68 bits per heavy atom. The van der Waals surface area contributed by atoms with Crippen molar-refractivity contribution in [2.24, 2.45) is 0 Å². The SMILES string of the molecule is O=C(NC1CCCC1)[C@@H](c1cccs1)N(Cc1ccco1)C(=O)Cn1nnc(-c2cccs2)n1. The number of tetrazole rings is 1. The highest BCUT2D eigenvalue weighted by molar-refractivity contribution is 7.13. The van der Waals surface area contributed by atoms with Crippen LogP contribution in [0.2, 0.25) is 0 Å². The Kier molecular flexibility index (Phi) is 6.82. The van der Waals surface area contributed by atoms with Crippen molar-refractivity contribution in [3.05, 3.63) is 64.1 Å². The molecule has 1 saturated carbocycles. The van der Waals surface area contributed by atoms with E-state index < -0.39 is 6.04 Å². The van der Waals surface area contributed by atoms with Crippen LogP contribution in [0.1, 0.15) is 42.4 Å². The van der Waals surface area contributed by atoms with Gasteiger partial charge in [-0.05, 0) is 53.1 Å². The topological polar surface area (TPSA) is 106 Å². The molecule has 176 valence electrons. The lowest BCUT2D eigenvalue weighted by molar-refractivity contribution is -0.142. The second-order valence-corrected chi connectivity index (χ2v) is 10.1. The van der Waals surface area contributed by atoms with Gasteiger partial charge in [0.15, 0.2) is 0 Å². The first kappa shape index (κ1) is 22.5. The summed E-state index contributed by atoms with van der Waals surface area (Å²) in [5.74, 6) is 0.579. The Hall–Kier alpha value is -3.31.